The lowest BCUT2D eigenvalue weighted by molar-refractivity contribution is -0.185. The molecule has 38 heavy (non-hydrogen) atoms. The first-order valence-corrected chi connectivity index (χ1v) is 12.8. The monoisotopic (exact) mass is 529 g/mol. The number of amides is 3. The van der Waals surface area contributed by atoms with Crippen LogP contribution in [0.1, 0.15) is 59.7 Å². The molecule has 10 heteroatoms. The van der Waals surface area contributed by atoms with Crippen LogP contribution in [-0.4, -0.2) is 52.3 Å². The normalized spacial score (nSPS) is 22.9. The molecule has 3 aliphatic heterocycles. The van der Waals surface area contributed by atoms with Crippen LogP contribution in [0.2, 0.25) is 0 Å². The van der Waals surface area contributed by atoms with Gasteiger partial charge in [-0.1, -0.05) is 30.3 Å². The van der Waals surface area contributed by atoms with Crippen LogP contribution in [0.4, 0.5) is 13.2 Å². The third-order valence-corrected chi connectivity index (χ3v) is 7.98. The van der Waals surface area contributed by atoms with E-state index in [4.69, 9.17) is 4.74 Å². The number of ether oxygens (including phenoxy) is 1. The van der Waals surface area contributed by atoms with Gasteiger partial charge in [-0.25, -0.2) is 0 Å². The van der Waals surface area contributed by atoms with Crippen LogP contribution in [0.5, 0.6) is 5.75 Å². The lowest BCUT2D eigenvalue weighted by Gasteiger charge is -2.39. The topological polar surface area (TPSA) is 79.0 Å². The molecule has 1 N–H and O–H groups in total. The van der Waals surface area contributed by atoms with Crippen molar-refractivity contribution in [2.45, 2.75) is 64.0 Å². The van der Waals surface area contributed by atoms with Gasteiger partial charge in [-0.05, 0) is 62.5 Å². The van der Waals surface area contributed by atoms with E-state index in [1.165, 1.54) is 4.90 Å². The van der Waals surface area contributed by atoms with E-state index in [0.29, 0.717) is 36.5 Å². The van der Waals surface area contributed by atoms with Crippen molar-refractivity contribution in [1.82, 2.24) is 15.1 Å². The minimum atomic E-state index is -4.11. The molecule has 2 fully saturated rings. The van der Waals surface area contributed by atoms with Gasteiger partial charge in [-0.2, -0.15) is 13.2 Å². The quantitative estimate of drug-likeness (QED) is 0.568. The van der Waals surface area contributed by atoms with Crippen LogP contribution in [0, 0.1) is 5.92 Å². The van der Waals surface area contributed by atoms with E-state index in [1.54, 1.807) is 25.1 Å². The summed E-state index contributed by atoms with van der Waals surface area (Å²) in [6.45, 7) is 3.63. The maximum atomic E-state index is 13.2. The van der Waals surface area contributed by atoms with Crippen LogP contribution >= 0.6 is 0 Å². The summed E-state index contributed by atoms with van der Waals surface area (Å²) in [5.41, 5.74) is 2.03. The first kappa shape index (κ1) is 26.2. The molecule has 0 bridgehead atoms. The van der Waals surface area contributed by atoms with Gasteiger partial charge in [0.05, 0.1) is 12.5 Å². The molecule has 1 unspecified atom stereocenters. The number of carbonyl (C=O) groups excluding carboxylic acids is 3. The molecule has 0 aromatic heterocycles. The zero-order valence-corrected chi connectivity index (χ0v) is 21.1. The Labute approximate surface area is 218 Å². The van der Waals surface area contributed by atoms with Crippen molar-refractivity contribution in [3.8, 4) is 5.75 Å². The highest BCUT2D eigenvalue weighted by Gasteiger charge is 2.49. The summed E-state index contributed by atoms with van der Waals surface area (Å²) in [5.74, 6) is -1.71. The lowest BCUT2D eigenvalue weighted by atomic mass is 9.89. The van der Waals surface area contributed by atoms with Gasteiger partial charge in [-0.3, -0.25) is 24.6 Å². The Bertz CT molecular complexity index is 1240. The number of piperidine rings is 2. The number of benzene rings is 2. The van der Waals surface area contributed by atoms with Crippen molar-refractivity contribution in [3.63, 3.8) is 0 Å². The molecule has 2 aromatic carbocycles. The largest absolute Gasteiger partial charge is 0.489 e. The molecule has 3 amide bonds. The third-order valence-electron chi connectivity index (χ3n) is 7.98. The predicted molar refractivity (Wildman–Crippen MR) is 132 cm³/mol. The first-order chi connectivity index (χ1) is 18.0. The van der Waals surface area contributed by atoms with Gasteiger partial charge >= 0.3 is 6.18 Å². The molecule has 0 saturated carbocycles. The fourth-order valence-corrected chi connectivity index (χ4v) is 5.47. The fraction of sp³-hybridized carbons (Fsp3) is 0.464. The molecule has 5 rings (SSSR count). The highest BCUT2D eigenvalue weighted by Crippen LogP contribution is 2.38. The molecular weight excluding hydrogens is 499 g/mol. The molecular formula is C28H30F3N3O4. The summed E-state index contributed by atoms with van der Waals surface area (Å²) in [6.07, 6.45) is -3.40. The maximum absolute atomic E-state index is 13.2. The van der Waals surface area contributed by atoms with Gasteiger partial charge in [0, 0.05) is 24.1 Å². The van der Waals surface area contributed by atoms with E-state index in [-0.39, 0.29) is 50.6 Å². The summed E-state index contributed by atoms with van der Waals surface area (Å²) >= 11 is 0. The molecule has 0 spiro atoms. The van der Waals surface area contributed by atoms with Crippen molar-refractivity contribution in [2.24, 2.45) is 5.92 Å². The second-order valence-electron chi connectivity index (χ2n) is 10.5. The smallest absolute Gasteiger partial charge is 0.391 e. The number of alkyl halides is 3. The van der Waals surface area contributed by atoms with Gasteiger partial charge in [0.25, 0.3) is 11.8 Å². The number of carbonyl (C=O) groups is 3. The summed E-state index contributed by atoms with van der Waals surface area (Å²) in [4.78, 5) is 41.0. The van der Waals surface area contributed by atoms with Crippen LogP contribution in [0.3, 0.4) is 0 Å². The molecule has 3 aliphatic rings. The van der Waals surface area contributed by atoms with Gasteiger partial charge in [0.2, 0.25) is 5.91 Å². The fourth-order valence-electron chi connectivity index (χ4n) is 5.47. The summed E-state index contributed by atoms with van der Waals surface area (Å²) in [6, 6.07) is 13.0. The average molecular weight is 530 g/mol. The van der Waals surface area contributed by atoms with E-state index in [9.17, 15) is 27.6 Å². The first-order valence-electron chi connectivity index (χ1n) is 12.8. The van der Waals surface area contributed by atoms with Crippen LogP contribution in [-0.2, 0) is 29.3 Å². The van der Waals surface area contributed by atoms with E-state index in [1.807, 2.05) is 29.2 Å². The van der Waals surface area contributed by atoms with Crippen LogP contribution in [0.25, 0.3) is 0 Å². The van der Waals surface area contributed by atoms with Crippen LogP contribution in [0.15, 0.2) is 42.5 Å². The van der Waals surface area contributed by atoms with E-state index in [2.05, 4.69) is 5.32 Å². The van der Waals surface area contributed by atoms with Gasteiger partial charge in [-0.15, -0.1) is 0 Å². The highest BCUT2D eigenvalue weighted by molar-refractivity contribution is 6.07. The number of imide groups is 1. The lowest BCUT2D eigenvalue weighted by Crippen LogP contribution is -2.61. The van der Waals surface area contributed by atoms with Crippen LogP contribution < -0.4 is 10.1 Å². The zero-order valence-electron chi connectivity index (χ0n) is 21.1. The molecule has 202 valence electrons. The summed E-state index contributed by atoms with van der Waals surface area (Å²) in [5, 5.41) is 2.34. The Hall–Kier alpha value is -3.40. The van der Waals surface area contributed by atoms with E-state index >= 15 is 0 Å². The Morgan fingerprint density at radius 2 is 1.71 bits per heavy atom. The van der Waals surface area contributed by atoms with Crippen molar-refractivity contribution in [1.29, 1.82) is 0 Å². The zero-order chi connectivity index (χ0) is 27.1. The molecule has 2 saturated heterocycles. The Morgan fingerprint density at radius 1 is 1.03 bits per heavy atom. The Morgan fingerprint density at radius 3 is 2.37 bits per heavy atom. The number of nitrogens with zero attached hydrogens (tertiary/aromatic N) is 2. The molecule has 2 aromatic rings. The van der Waals surface area contributed by atoms with Gasteiger partial charge in [0.15, 0.2) is 0 Å². The second kappa shape index (κ2) is 10.1. The summed E-state index contributed by atoms with van der Waals surface area (Å²) < 4.78 is 44.8. The molecule has 7 nitrogen and oxygen atoms in total. The predicted octanol–water partition coefficient (Wildman–Crippen LogP) is 4.19. The molecule has 0 aliphatic carbocycles. The maximum Gasteiger partial charge on any atom is 0.391 e. The number of hydrogen-bond acceptors (Lipinski definition) is 5. The van der Waals surface area contributed by atoms with Crippen molar-refractivity contribution < 1.29 is 32.3 Å². The van der Waals surface area contributed by atoms with Crippen molar-refractivity contribution >= 4 is 17.7 Å². The van der Waals surface area contributed by atoms with Gasteiger partial charge in [0.1, 0.15) is 17.9 Å². The average Bonchev–Trinajstić information content (AvgIpc) is 3.23. The van der Waals surface area contributed by atoms with Gasteiger partial charge < -0.3 is 9.64 Å². The van der Waals surface area contributed by atoms with E-state index in [0.717, 1.165) is 11.1 Å². The number of hydrogen-bond donors (Lipinski definition) is 1. The number of likely N-dealkylation sites (tertiary alicyclic amines) is 1. The van der Waals surface area contributed by atoms with E-state index < -0.39 is 23.5 Å². The molecule has 3 heterocycles. The highest BCUT2D eigenvalue weighted by atomic mass is 19.4. The minimum Gasteiger partial charge on any atom is -0.489 e. The molecule has 1 atom stereocenters. The number of rotatable bonds is 6. The van der Waals surface area contributed by atoms with Crippen molar-refractivity contribution in [3.05, 3.63) is 64.7 Å². The Balaban J connectivity index is 1.19. The third kappa shape index (κ3) is 5.14. The minimum absolute atomic E-state index is 0.138. The molecule has 0 radical (unpaired) electrons. The second-order valence-corrected chi connectivity index (χ2v) is 10.5. The SMILES string of the molecule is CC1(N2Cc3c(OCc4ccc(CN5CCC(C(F)(F)F)CC5)cc4)cccc3C2=O)CCC(=O)NC1=O. The number of halogens is 3. The number of fused-ring (bicyclic) bond motifs is 1. The Kier molecular flexibility index (Phi) is 6.94. The summed E-state index contributed by atoms with van der Waals surface area (Å²) in [7, 11) is 0. The number of nitrogens with one attached hydrogen (secondary N) is 1. The van der Waals surface area contributed by atoms with Crippen molar-refractivity contribution in [2.75, 3.05) is 13.1 Å². The standard InChI is InChI=1S/C28H30F3N3O4/c1-27(12-9-24(35)32-26(27)37)34-16-22-21(25(34)36)3-2-4-23(22)38-17-19-7-5-18(6-8-19)15-33-13-10-20(11-14-33)28(29,30)31/h2-8,20H,9-17H2,1H3,(H,32,35,37).